The van der Waals surface area contributed by atoms with Crippen LogP contribution < -0.4 is 5.32 Å². The van der Waals surface area contributed by atoms with Crippen LogP contribution in [0.25, 0.3) is 0 Å². The Morgan fingerprint density at radius 2 is 1.94 bits per heavy atom. The van der Waals surface area contributed by atoms with Crippen LogP contribution in [0.2, 0.25) is 0 Å². The Bertz CT molecular complexity index is 368. The average Bonchev–Trinajstić information content (AvgIpc) is 2.91. The van der Waals surface area contributed by atoms with E-state index in [1.54, 1.807) is 0 Å². The zero-order valence-corrected chi connectivity index (χ0v) is 11.2. The fraction of sp³-hybridized carbons (Fsp3) is 0.562. The van der Waals surface area contributed by atoms with E-state index in [4.69, 9.17) is 0 Å². The van der Waals surface area contributed by atoms with Crippen molar-refractivity contribution in [3.8, 4) is 0 Å². The van der Waals surface area contributed by atoms with Crippen LogP contribution in [0.5, 0.6) is 0 Å². The number of carbonyl (C=O) groups is 1. The highest BCUT2D eigenvalue weighted by molar-refractivity contribution is 5.79. The van der Waals surface area contributed by atoms with Crippen molar-refractivity contribution < 1.29 is 4.79 Å². The molecule has 0 heterocycles. The van der Waals surface area contributed by atoms with Crippen molar-refractivity contribution in [1.82, 2.24) is 5.32 Å². The SMILES string of the molecule is C[C@H](CCc1ccccc1)NC(=O)C1CCCC1. The van der Waals surface area contributed by atoms with Crippen LogP contribution in [0.3, 0.4) is 0 Å². The second-order valence-electron chi connectivity index (χ2n) is 5.42. The number of benzene rings is 1. The molecule has 1 saturated carbocycles. The molecule has 18 heavy (non-hydrogen) atoms. The predicted molar refractivity (Wildman–Crippen MR) is 74.3 cm³/mol. The van der Waals surface area contributed by atoms with E-state index in [0.29, 0.717) is 0 Å². The van der Waals surface area contributed by atoms with Crippen LogP contribution in [0.15, 0.2) is 30.3 Å². The lowest BCUT2D eigenvalue weighted by Crippen LogP contribution is -2.36. The standard InChI is InChI=1S/C16H23NO/c1-13(11-12-14-7-3-2-4-8-14)17-16(18)15-9-5-6-10-15/h2-4,7-8,13,15H,5-6,9-12H2,1H3,(H,17,18)/t13-/m1/s1. The van der Waals surface area contributed by atoms with Gasteiger partial charge in [0.05, 0.1) is 0 Å². The van der Waals surface area contributed by atoms with E-state index in [2.05, 4.69) is 36.5 Å². The lowest BCUT2D eigenvalue weighted by Gasteiger charge is -2.17. The van der Waals surface area contributed by atoms with Crippen molar-refractivity contribution in [3.63, 3.8) is 0 Å². The van der Waals surface area contributed by atoms with Crippen molar-refractivity contribution in [2.75, 3.05) is 0 Å². The number of nitrogens with one attached hydrogen (secondary N) is 1. The maximum atomic E-state index is 12.0. The van der Waals surface area contributed by atoms with E-state index < -0.39 is 0 Å². The lowest BCUT2D eigenvalue weighted by molar-refractivity contribution is -0.125. The Morgan fingerprint density at radius 1 is 1.28 bits per heavy atom. The van der Waals surface area contributed by atoms with Crippen LogP contribution >= 0.6 is 0 Å². The molecule has 2 heteroatoms. The molecule has 0 saturated heterocycles. The largest absolute Gasteiger partial charge is 0.353 e. The number of rotatable bonds is 5. The van der Waals surface area contributed by atoms with E-state index in [1.165, 1.54) is 18.4 Å². The van der Waals surface area contributed by atoms with E-state index in [-0.39, 0.29) is 17.9 Å². The number of amides is 1. The molecule has 1 aromatic carbocycles. The molecule has 0 spiro atoms. The van der Waals surface area contributed by atoms with Gasteiger partial charge in [-0.1, -0.05) is 43.2 Å². The summed E-state index contributed by atoms with van der Waals surface area (Å²) < 4.78 is 0. The van der Waals surface area contributed by atoms with Crippen LogP contribution in [0.1, 0.15) is 44.6 Å². The van der Waals surface area contributed by atoms with Crippen LogP contribution in [0.4, 0.5) is 0 Å². The number of hydrogen-bond donors (Lipinski definition) is 1. The average molecular weight is 245 g/mol. The van der Waals surface area contributed by atoms with Gasteiger partial charge in [-0.15, -0.1) is 0 Å². The fourth-order valence-electron chi connectivity index (χ4n) is 2.65. The summed E-state index contributed by atoms with van der Waals surface area (Å²) in [5.74, 6) is 0.553. The Hall–Kier alpha value is -1.31. The Kier molecular flexibility index (Phi) is 4.80. The van der Waals surface area contributed by atoms with E-state index >= 15 is 0 Å². The van der Waals surface area contributed by atoms with Crippen molar-refractivity contribution in [1.29, 1.82) is 0 Å². The molecule has 0 radical (unpaired) electrons. The molecule has 0 aliphatic heterocycles. The van der Waals surface area contributed by atoms with Gasteiger partial charge < -0.3 is 5.32 Å². The number of aryl methyl sites for hydroxylation is 1. The monoisotopic (exact) mass is 245 g/mol. The topological polar surface area (TPSA) is 29.1 Å². The number of carbonyl (C=O) groups excluding carboxylic acids is 1. The van der Waals surface area contributed by atoms with Crippen LogP contribution in [0, 0.1) is 5.92 Å². The van der Waals surface area contributed by atoms with Crippen molar-refractivity contribution in [2.24, 2.45) is 5.92 Å². The first-order chi connectivity index (χ1) is 8.75. The van der Waals surface area contributed by atoms with Gasteiger partial charge in [0.2, 0.25) is 5.91 Å². The molecule has 0 bridgehead atoms. The van der Waals surface area contributed by atoms with Gasteiger partial charge >= 0.3 is 0 Å². The molecule has 1 atom stereocenters. The molecule has 0 aromatic heterocycles. The first-order valence-corrected chi connectivity index (χ1v) is 7.10. The molecular weight excluding hydrogens is 222 g/mol. The summed E-state index contributed by atoms with van der Waals surface area (Å²) in [6, 6.07) is 10.7. The fourth-order valence-corrected chi connectivity index (χ4v) is 2.65. The molecular formula is C16H23NO. The van der Waals surface area contributed by atoms with E-state index in [0.717, 1.165) is 25.7 Å². The van der Waals surface area contributed by atoms with E-state index in [9.17, 15) is 4.79 Å². The number of hydrogen-bond acceptors (Lipinski definition) is 1. The molecule has 1 aromatic rings. The third-order valence-electron chi connectivity index (χ3n) is 3.82. The third-order valence-corrected chi connectivity index (χ3v) is 3.82. The molecule has 1 aliphatic carbocycles. The van der Waals surface area contributed by atoms with Crippen LogP contribution in [-0.4, -0.2) is 11.9 Å². The second-order valence-corrected chi connectivity index (χ2v) is 5.42. The molecule has 1 amide bonds. The first kappa shape index (κ1) is 13.1. The minimum Gasteiger partial charge on any atom is -0.353 e. The van der Waals surface area contributed by atoms with Gasteiger partial charge in [-0.3, -0.25) is 4.79 Å². The van der Waals surface area contributed by atoms with Gasteiger partial charge in [0.1, 0.15) is 0 Å². The summed E-state index contributed by atoms with van der Waals surface area (Å²) in [4.78, 5) is 12.0. The van der Waals surface area contributed by atoms with Gasteiger partial charge in [-0.05, 0) is 38.2 Å². The summed E-state index contributed by atoms with van der Waals surface area (Å²) in [6.45, 7) is 2.11. The summed E-state index contributed by atoms with van der Waals surface area (Å²) in [7, 11) is 0. The van der Waals surface area contributed by atoms with Gasteiger partial charge in [0.15, 0.2) is 0 Å². The normalized spacial score (nSPS) is 17.6. The summed E-state index contributed by atoms with van der Waals surface area (Å²) in [5, 5.41) is 3.15. The highest BCUT2D eigenvalue weighted by Gasteiger charge is 2.23. The van der Waals surface area contributed by atoms with Crippen molar-refractivity contribution in [2.45, 2.75) is 51.5 Å². The Balaban J connectivity index is 1.71. The third kappa shape index (κ3) is 3.86. The van der Waals surface area contributed by atoms with Gasteiger partial charge in [0, 0.05) is 12.0 Å². The first-order valence-electron chi connectivity index (χ1n) is 7.10. The van der Waals surface area contributed by atoms with E-state index in [1.807, 2.05) is 6.07 Å². The van der Waals surface area contributed by atoms with Crippen molar-refractivity contribution in [3.05, 3.63) is 35.9 Å². The summed E-state index contributed by atoms with van der Waals surface area (Å²) >= 11 is 0. The molecule has 2 rings (SSSR count). The summed E-state index contributed by atoms with van der Waals surface area (Å²) in [6.07, 6.45) is 6.65. The second kappa shape index (κ2) is 6.58. The zero-order valence-electron chi connectivity index (χ0n) is 11.2. The van der Waals surface area contributed by atoms with Crippen LogP contribution in [-0.2, 0) is 11.2 Å². The highest BCUT2D eigenvalue weighted by Crippen LogP contribution is 2.24. The highest BCUT2D eigenvalue weighted by atomic mass is 16.1. The lowest BCUT2D eigenvalue weighted by atomic mass is 10.0. The molecule has 2 nitrogen and oxygen atoms in total. The Labute approximate surface area is 110 Å². The Morgan fingerprint density at radius 3 is 2.61 bits per heavy atom. The van der Waals surface area contributed by atoms with Gasteiger partial charge in [-0.25, -0.2) is 0 Å². The molecule has 98 valence electrons. The summed E-state index contributed by atoms with van der Waals surface area (Å²) in [5.41, 5.74) is 1.35. The van der Waals surface area contributed by atoms with Gasteiger partial charge in [-0.2, -0.15) is 0 Å². The maximum absolute atomic E-state index is 12.0. The maximum Gasteiger partial charge on any atom is 0.223 e. The molecule has 0 unspecified atom stereocenters. The smallest absolute Gasteiger partial charge is 0.223 e. The zero-order chi connectivity index (χ0) is 12.8. The molecule has 1 N–H and O–H groups in total. The van der Waals surface area contributed by atoms with Gasteiger partial charge in [0.25, 0.3) is 0 Å². The minimum absolute atomic E-state index is 0.271. The minimum atomic E-state index is 0.271. The van der Waals surface area contributed by atoms with Crippen molar-refractivity contribution >= 4 is 5.91 Å². The predicted octanol–water partition coefficient (Wildman–Crippen LogP) is 3.31. The quantitative estimate of drug-likeness (QED) is 0.847. The molecule has 1 aliphatic rings. The molecule has 1 fully saturated rings.